The fraction of sp³-hybridized carbons (Fsp3) is 0.500. The second-order valence-electron chi connectivity index (χ2n) is 6.06. The molecule has 0 aliphatic heterocycles. The first-order valence-corrected chi connectivity index (χ1v) is 9.60. The van der Waals surface area contributed by atoms with Crippen LogP contribution in [0.1, 0.15) is 31.7 Å². The van der Waals surface area contributed by atoms with Crippen molar-refractivity contribution in [2.75, 3.05) is 14.2 Å². The van der Waals surface area contributed by atoms with Crippen LogP contribution in [0, 0.1) is 0 Å². The maximum atomic E-state index is 12.7. The van der Waals surface area contributed by atoms with Crippen LogP contribution in [0.4, 0.5) is 0 Å². The molecular formula is C16H22N4O4S. The van der Waals surface area contributed by atoms with Crippen LogP contribution in [0.2, 0.25) is 0 Å². The van der Waals surface area contributed by atoms with Crippen LogP contribution < -0.4 is 14.2 Å². The zero-order valence-corrected chi connectivity index (χ0v) is 15.1. The van der Waals surface area contributed by atoms with E-state index in [1.165, 1.54) is 26.4 Å². The van der Waals surface area contributed by atoms with Gasteiger partial charge in [-0.2, -0.15) is 0 Å². The lowest BCUT2D eigenvalue weighted by atomic mass is 9.91. The predicted octanol–water partition coefficient (Wildman–Crippen LogP) is 1.76. The Balaban J connectivity index is 1.75. The third-order valence-electron chi connectivity index (χ3n) is 4.49. The molecule has 0 saturated heterocycles. The Morgan fingerprint density at radius 2 is 1.84 bits per heavy atom. The van der Waals surface area contributed by atoms with Crippen molar-refractivity contribution in [1.29, 1.82) is 0 Å². The molecule has 0 spiro atoms. The van der Waals surface area contributed by atoms with E-state index < -0.39 is 10.0 Å². The van der Waals surface area contributed by atoms with Gasteiger partial charge in [0, 0.05) is 18.2 Å². The molecule has 2 aromatic rings. The molecule has 136 valence electrons. The van der Waals surface area contributed by atoms with Gasteiger partial charge in [-0.3, -0.25) is 0 Å². The first-order chi connectivity index (χ1) is 12.0. The Morgan fingerprint density at radius 1 is 1.12 bits per heavy atom. The number of benzene rings is 1. The van der Waals surface area contributed by atoms with Crippen molar-refractivity contribution in [1.82, 2.24) is 19.5 Å². The van der Waals surface area contributed by atoms with E-state index in [0.717, 1.165) is 19.3 Å². The summed E-state index contributed by atoms with van der Waals surface area (Å²) >= 11 is 0. The third-order valence-corrected chi connectivity index (χ3v) is 6.01. The summed E-state index contributed by atoms with van der Waals surface area (Å²) in [5.74, 6) is 0.878. The molecule has 2 unspecified atom stereocenters. The largest absolute Gasteiger partial charge is 0.493 e. The Bertz CT molecular complexity index is 808. The number of aromatic nitrogens is 3. The van der Waals surface area contributed by atoms with Gasteiger partial charge in [0.15, 0.2) is 11.5 Å². The number of sulfonamides is 1. The SMILES string of the molecule is COc1ccc(S(=O)(=O)NC2CCCC(n3cnnc3)C2)cc1OC. The Labute approximate surface area is 147 Å². The summed E-state index contributed by atoms with van der Waals surface area (Å²) in [6.45, 7) is 0. The normalized spacial score (nSPS) is 21.0. The van der Waals surface area contributed by atoms with Gasteiger partial charge in [0.1, 0.15) is 12.7 Å². The molecule has 1 aromatic carbocycles. The van der Waals surface area contributed by atoms with Crippen molar-refractivity contribution < 1.29 is 17.9 Å². The number of nitrogens with zero attached hydrogens (tertiary/aromatic N) is 3. The van der Waals surface area contributed by atoms with Crippen molar-refractivity contribution in [2.24, 2.45) is 0 Å². The maximum absolute atomic E-state index is 12.7. The van der Waals surface area contributed by atoms with Crippen molar-refractivity contribution in [2.45, 2.75) is 42.7 Å². The molecule has 0 bridgehead atoms. The van der Waals surface area contributed by atoms with Crippen molar-refractivity contribution in [3.63, 3.8) is 0 Å². The molecule has 2 atom stereocenters. The first kappa shape index (κ1) is 17.7. The van der Waals surface area contributed by atoms with Gasteiger partial charge in [0.2, 0.25) is 10.0 Å². The molecule has 9 heteroatoms. The van der Waals surface area contributed by atoms with Gasteiger partial charge in [0.05, 0.1) is 19.1 Å². The molecule has 1 saturated carbocycles. The zero-order valence-electron chi connectivity index (χ0n) is 14.3. The standard InChI is InChI=1S/C16H22N4O4S/c1-23-15-7-6-14(9-16(15)24-2)25(21,22)19-12-4-3-5-13(8-12)20-10-17-18-11-20/h6-7,9-13,19H,3-5,8H2,1-2H3. The molecule has 3 rings (SSSR count). The summed E-state index contributed by atoms with van der Waals surface area (Å²) in [5.41, 5.74) is 0. The quantitative estimate of drug-likeness (QED) is 0.837. The highest BCUT2D eigenvalue weighted by Gasteiger charge is 2.28. The van der Waals surface area contributed by atoms with Gasteiger partial charge in [-0.05, 0) is 37.8 Å². The molecule has 1 N–H and O–H groups in total. The van der Waals surface area contributed by atoms with Gasteiger partial charge >= 0.3 is 0 Å². The molecule has 0 amide bonds. The summed E-state index contributed by atoms with van der Waals surface area (Å²) in [6.07, 6.45) is 6.82. The highest BCUT2D eigenvalue weighted by atomic mass is 32.2. The molecule has 0 radical (unpaired) electrons. The van der Waals surface area contributed by atoms with E-state index >= 15 is 0 Å². The molecule has 25 heavy (non-hydrogen) atoms. The molecule has 1 fully saturated rings. The lowest BCUT2D eigenvalue weighted by Gasteiger charge is -2.30. The average Bonchev–Trinajstić information content (AvgIpc) is 3.15. The average molecular weight is 366 g/mol. The number of methoxy groups -OCH3 is 2. The lowest BCUT2D eigenvalue weighted by molar-refractivity contribution is 0.305. The highest BCUT2D eigenvalue weighted by molar-refractivity contribution is 7.89. The Hall–Kier alpha value is -2.13. The van der Waals surface area contributed by atoms with E-state index in [4.69, 9.17) is 9.47 Å². The van der Waals surface area contributed by atoms with E-state index in [9.17, 15) is 8.42 Å². The molecule has 1 aliphatic carbocycles. The van der Waals surface area contributed by atoms with E-state index in [0.29, 0.717) is 17.9 Å². The molecule has 1 heterocycles. The van der Waals surface area contributed by atoms with Crippen LogP contribution in [0.15, 0.2) is 35.7 Å². The minimum atomic E-state index is -3.64. The number of hydrogen-bond acceptors (Lipinski definition) is 6. The molecular weight excluding hydrogens is 344 g/mol. The van der Waals surface area contributed by atoms with E-state index in [1.807, 2.05) is 4.57 Å². The number of nitrogens with one attached hydrogen (secondary N) is 1. The summed E-state index contributed by atoms with van der Waals surface area (Å²) < 4.78 is 40.5. The Morgan fingerprint density at radius 3 is 2.52 bits per heavy atom. The maximum Gasteiger partial charge on any atom is 0.240 e. The van der Waals surface area contributed by atoms with Crippen LogP contribution >= 0.6 is 0 Å². The van der Waals surface area contributed by atoms with Crippen LogP contribution in [0.3, 0.4) is 0 Å². The number of rotatable bonds is 6. The minimum absolute atomic E-state index is 0.126. The van der Waals surface area contributed by atoms with Crippen LogP contribution in [0.25, 0.3) is 0 Å². The predicted molar refractivity (Wildman–Crippen MR) is 91.2 cm³/mol. The lowest BCUT2D eigenvalue weighted by Crippen LogP contribution is -2.38. The second-order valence-corrected chi connectivity index (χ2v) is 7.78. The monoisotopic (exact) mass is 366 g/mol. The van der Waals surface area contributed by atoms with Crippen molar-refractivity contribution in [3.8, 4) is 11.5 Å². The molecule has 1 aromatic heterocycles. The number of ether oxygens (including phenoxy) is 2. The van der Waals surface area contributed by atoms with Gasteiger partial charge in [-0.15, -0.1) is 10.2 Å². The van der Waals surface area contributed by atoms with Crippen LogP contribution in [-0.4, -0.2) is 43.4 Å². The molecule has 8 nitrogen and oxygen atoms in total. The fourth-order valence-corrected chi connectivity index (χ4v) is 4.51. The van der Waals surface area contributed by atoms with Crippen molar-refractivity contribution in [3.05, 3.63) is 30.9 Å². The number of hydrogen-bond donors (Lipinski definition) is 1. The van der Waals surface area contributed by atoms with E-state index in [-0.39, 0.29) is 17.0 Å². The highest BCUT2D eigenvalue weighted by Crippen LogP contribution is 2.31. The summed E-state index contributed by atoms with van der Waals surface area (Å²) in [4.78, 5) is 0.163. The summed E-state index contributed by atoms with van der Waals surface area (Å²) in [7, 11) is -0.646. The van der Waals surface area contributed by atoms with Gasteiger partial charge in [0.25, 0.3) is 0 Å². The van der Waals surface area contributed by atoms with Crippen LogP contribution in [0.5, 0.6) is 11.5 Å². The van der Waals surface area contributed by atoms with Crippen LogP contribution in [-0.2, 0) is 10.0 Å². The zero-order chi connectivity index (χ0) is 17.9. The smallest absolute Gasteiger partial charge is 0.240 e. The van der Waals surface area contributed by atoms with Gasteiger partial charge < -0.3 is 14.0 Å². The summed E-state index contributed by atoms with van der Waals surface area (Å²) in [5, 5.41) is 7.66. The minimum Gasteiger partial charge on any atom is -0.493 e. The third kappa shape index (κ3) is 3.93. The van der Waals surface area contributed by atoms with Gasteiger partial charge in [-0.25, -0.2) is 13.1 Å². The topological polar surface area (TPSA) is 95.3 Å². The first-order valence-electron chi connectivity index (χ1n) is 8.12. The fourth-order valence-electron chi connectivity index (χ4n) is 3.21. The molecule has 1 aliphatic rings. The summed E-state index contributed by atoms with van der Waals surface area (Å²) in [6, 6.07) is 4.67. The van der Waals surface area contributed by atoms with Gasteiger partial charge in [-0.1, -0.05) is 0 Å². The Kier molecular flexibility index (Phi) is 5.24. The van der Waals surface area contributed by atoms with Crippen molar-refractivity contribution >= 4 is 10.0 Å². The second kappa shape index (κ2) is 7.40. The van der Waals surface area contributed by atoms with E-state index in [1.54, 1.807) is 18.7 Å². The van der Waals surface area contributed by atoms with E-state index in [2.05, 4.69) is 14.9 Å².